The van der Waals surface area contributed by atoms with Gasteiger partial charge in [0.05, 0.1) is 0 Å². The first-order valence-corrected chi connectivity index (χ1v) is 6.14. The number of carbonyl (C=O) groups is 2. The van der Waals surface area contributed by atoms with Gasteiger partial charge in [0.1, 0.15) is 0 Å². The van der Waals surface area contributed by atoms with Crippen LogP contribution in [0.3, 0.4) is 0 Å². The van der Waals surface area contributed by atoms with Crippen molar-refractivity contribution in [3.63, 3.8) is 0 Å². The number of rotatable bonds is 2. The molecule has 0 saturated heterocycles. The van der Waals surface area contributed by atoms with Gasteiger partial charge in [0.15, 0.2) is 5.78 Å². The van der Waals surface area contributed by atoms with Gasteiger partial charge in [-0.15, -0.1) is 0 Å². The maximum Gasteiger partial charge on any atom is 0.300 e. The van der Waals surface area contributed by atoms with E-state index in [0.29, 0.717) is 11.3 Å². The molecule has 3 heteroatoms. The zero-order valence-corrected chi connectivity index (χ0v) is 11.0. The summed E-state index contributed by atoms with van der Waals surface area (Å²) in [6.07, 6.45) is 0. The molecular formula is C17H13NO2. The molecule has 0 unspecified atom stereocenters. The molecule has 1 N–H and O–H groups in total. The topological polar surface area (TPSA) is 46.2 Å². The third-order valence-corrected chi connectivity index (χ3v) is 2.64. The van der Waals surface area contributed by atoms with E-state index in [-0.39, 0.29) is 11.7 Å². The van der Waals surface area contributed by atoms with Crippen molar-refractivity contribution in [3.05, 3.63) is 65.7 Å². The van der Waals surface area contributed by atoms with E-state index in [2.05, 4.69) is 17.2 Å². The number of carbonyl (C=O) groups excluding carboxylic acids is 2. The van der Waals surface area contributed by atoms with Crippen LogP contribution in [0.25, 0.3) is 0 Å². The van der Waals surface area contributed by atoms with Crippen molar-refractivity contribution in [2.24, 2.45) is 0 Å². The number of Topliss-reactive ketones (excluding diaryl/α,β-unsaturated/α-hetero) is 1. The summed E-state index contributed by atoms with van der Waals surface area (Å²) in [5.74, 6) is 4.90. The van der Waals surface area contributed by atoms with Gasteiger partial charge < -0.3 is 5.32 Å². The molecule has 2 aromatic rings. The SMILES string of the molecule is CC(=O)c1ccc(NC(=O)C#Cc2ccccc2)cc1. The zero-order valence-electron chi connectivity index (χ0n) is 11.0. The van der Waals surface area contributed by atoms with Crippen molar-refractivity contribution in [3.8, 4) is 11.8 Å². The van der Waals surface area contributed by atoms with Crippen molar-refractivity contribution in [2.45, 2.75) is 6.92 Å². The quantitative estimate of drug-likeness (QED) is 0.669. The molecular weight excluding hydrogens is 250 g/mol. The predicted octanol–water partition coefficient (Wildman–Crippen LogP) is 2.88. The van der Waals surface area contributed by atoms with Gasteiger partial charge in [-0.25, -0.2) is 0 Å². The Hall–Kier alpha value is -2.86. The fraction of sp³-hybridized carbons (Fsp3) is 0.0588. The van der Waals surface area contributed by atoms with Gasteiger partial charge in [0, 0.05) is 22.7 Å². The predicted molar refractivity (Wildman–Crippen MR) is 78.4 cm³/mol. The maximum atomic E-state index is 11.7. The molecule has 0 aliphatic rings. The largest absolute Gasteiger partial charge is 0.315 e. The Balaban J connectivity index is 2.02. The van der Waals surface area contributed by atoms with Crippen LogP contribution in [0.1, 0.15) is 22.8 Å². The van der Waals surface area contributed by atoms with Crippen LogP contribution in [0.2, 0.25) is 0 Å². The van der Waals surface area contributed by atoms with Crippen molar-refractivity contribution < 1.29 is 9.59 Å². The van der Waals surface area contributed by atoms with E-state index in [0.717, 1.165) is 5.56 Å². The molecule has 0 fully saturated rings. The highest BCUT2D eigenvalue weighted by atomic mass is 16.1. The Morgan fingerprint density at radius 2 is 1.60 bits per heavy atom. The molecule has 3 nitrogen and oxygen atoms in total. The summed E-state index contributed by atoms with van der Waals surface area (Å²) in [5.41, 5.74) is 2.01. The van der Waals surface area contributed by atoms with E-state index < -0.39 is 0 Å². The van der Waals surface area contributed by atoms with Crippen LogP contribution in [0.15, 0.2) is 54.6 Å². The smallest absolute Gasteiger partial charge is 0.300 e. The molecule has 0 heterocycles. The van der Waals surface area contributed by atoms with Crippen LogP contribution >= 0.6 is 0 Å². The molecule has 0 aliphatic heterocycles. The second-order valence-electron chi connectivity index (χ2n) is 4.20. The van der Waals surface area contributed by atoms with E-state index in [1.54, 1.807) is 24.3 Å². The van der Waals surface area contributed by atoms with Crippen LogP contribution in [-0.2, 0) is 4.79 Å². The molecule has 20 heavy (non-hydrogen) atoms. The van der Waals surface area contributed by atoms with Crippen molar-refractivity contribution >= 4 is 17.4 Å². The Labute approximate surface area is 117 Å². The van der Waals surface area contributed by atoms with Crippen molar-refractivity contribution in [1.29, 1.82) is 0 Å². The van der Waals surface area contributed by atoms with E-state index in [9.17, 15) is 9.59 Å². The van der Waals surface area contributed by atoms with Crippen LogP contribution < -0.4 is 5.32 Å². The summed E-state index contributed by atoms with van der Waals surface area (Å²) in [6, 6.07) is 16.0. The average molecular weight is 263 g/mol. The number of benzene rings is 2. The van der Waals surface area contributed by atoms with Gasteiger partial charge in [-0.3, -0.25) is 9.59 Å². The molecule has 0 aliphatic carbocycles. The number of nitrogens with one attached hydrogen (secondary N) is 1. The number of anilines is 1. The van der Waals surface area contributed by atoms with Crippen LogP contribution in [0.5, 0.6) is 0 Å². The highest BCUT2D eigenvalue weighted by Gasteiger charge is 2.00. The highest BCUT2D eigenvalue weighted by Crippen LogP contribution is 2.09. The van der Waals surface area contributed by atoms with Crippen LogP contribution in [0, 0.1) is 11.8 Å². The third-order valence-electron chi connectivity index (χ3n) is 2.64. The van der Waals surface area contributed by atoms with Gasteiger partial charge in [-0.1, -0.05) is 24.1 Å². The molecule has 0 bridgehead atoms. The van der Waals surface area contributed by atoms with Gasteiger partial charge in [0.25, 0.3) is 0 Å². The van der Waals surface area contributed by atoms with E-state index in [1.165, 1.54) is 6.92 Å². The first kappa shape index (κ1) is 13.6. The van der Waals surface area contributed by atoms with E-state index in [4.69, 9.17) is 0 Å². The molecule has 0 spiro atoms. The Bertz CT molecular complexity index is 676. The van der Waals surface area contributed by atoms with Gasteiger partial charge >= 0.3 is 5.91 Å². The lowest BCUT2D eigenvalue weighted by Gasteiger charge is -2.01. The molecule has 0 aromatic heterocycles. The fourth-order valence-electron chi connectivity index (χ4n) is 1.60. The molecule has 2 rings (SSSR count). The summed E-state index contributed by atoms with van der Waals surface area (Å²) >= 11 is 0. The summed E-state index contributed by atoms with van der Waals surface area (Å²) in [5, 5.41) is 2.65. The number of ketones is 1. The number of hydrogen-bond acceptors (Lipinski definition) is 2. The minimum absolute atomic E-state index is 0.00764. The summed E-state index contributed by atoms with van der Waals surface area (Å²) in [4.78, 5) is 22.8. The normalized spacial score (nSPS) is 9.25. The third kappa shape index (κ3) is 3.82. The average Bonchev–Trinajstić information content (AvgIpc) is 2.47. The van der Waals surface area contributed by atoms with Crippen LogP contribution in [-0.4, -0.2) is 11.7 Å². The molecule has 0 radical (unpaired) electrons. The van der Waals surface area contributed by atoms with E-state index in [1.807, 2.05) is 30.3 Å². The standard InChI is InChI=1S/C17H13NO2/c1-13(19)15-8-10-16(11-9-15)18-17(20)12-7-14-5-3-2-4-6-14/h2-6,8-11H,1H3,(H,18,20). The number of hydrogen-bond donors (Lipinski definition) is 1. The second kappa shape index (κ2) is 6.35. The van der Waals surface area contributed by atoms with Gasteiger partial charge in [-0.05, 0) is 43.3 Å². The molecule has 0 saturated carbocycles. The minimum Gasteiger partial charge on any atom is -0.315 e. The zero-order chi connectivity index (χ0) is 14.4. The Morgan fingerprint density at radius 1 is 0.950 bits per heavy atom. The number of amides is 1. The Kier molecular flexibility index (Phi) is 4.31. The maximum absolute atomic E-state index is 11.7. The Morgan fingerprint density at radius 3 is 2.20 bits per heavy atom. The first-order chi connectivity index (χ1) is 9.65. The molecule has 98 valence electrons. The summed E-state index contributed by atoms with van der Waals surface area (Å²) in [7, 11) is 0. The lowest BCUT2D eigenvalue weighted by molar-refractivity contribution is -0.111. The highest BCUT2D eigenvalue weighted by molar-refractivity contribution is 6.04. The minimum atomic E-state index is -0.385. The van der Waals surface area contributed by atoms with Gasteiger partial charge in [0.2, 0.25) is 0 Å². The van der Waals surface area contributed by atoms with Gasteiger partial charge in [-0.2, -0.15) is 0 Å². The molecule has 1 amide bonds. The lowest BCUT2D eigenvalue weighted by Crippen LogP contribution is -2.08. The molecule has 2 aromatic carbocycles. The fourth-order valence-corrected chi connectivity index (χ4v) is 1.60. The summed E-state index contributed by atoms with van der Waals surface area (Å²) in [6.45, 7) is 1.50. The van der Waals surface area contributed by atoms with Crippen LogP contribution in [0.4, 0.5) is 5.69 Å². The van der Waals surface area contributed by atoms with Crippen molar-refractivity contribution in [2.75, 3.05) is 5.32 Å². The second-order valence-corrected chi connectivity index (χ2v) is 4.20. The molecule has 0 atom stereocenters. The first-order valence-electron chi connectivity index (χ1n) is 6.14. The monoisotopic (exact) mass is 263 g/mol. The summed E-state index contributed by atoms with van der Waals surface area (Å²) < 4.78 is 0. The lowest BCUT2D eigenvalue weighted by atomic mass is 10.1. The van der Waals surface area contributed by atoms with E-state index >= 15 is 0 Å². The van der Waals surface area contributed by atoms with Crippen molar-refractivity contribution in [1.82, 2.24) is 0 Å².